The fourth-order valence-corrected chi connectivity index (χ4v) is 2.94. The summed E-state index contributed by atoms with van der Waals surface area (Å²) in [6, 6.07) is 8.52. The van der Waals surface area contributed by atoms with Gasteiger partial charge in [0.05, 0.1) is 19.3 Å². The molecule has 1 atom stereocenters. The summed E-state index contributed by atoms with van der Waals surface area (Å²) in [5, 5.41) is 9.60. The van der Waals surface area contributed by atoms with Crippen LogP contribution in [0.25, 0.3) is 0 Å². The number of nitrogens with zero attached hydrogens (tertiary/aromatic N) is 2. The van der Waals surface area contributed by atoms with Crippen molar-refractivity contribution < 1.29 is 9.84 Å². The molecule has 1 unspecified atom stereocenters. The molecule has 5 heteroatoms. The van der Waals surface area contributed by atoms with Gasteiger partial charge in [0.2, 0.25) is 0 Å². The van der Waals surface area contributed by atoms with Crippen LogP contribution in [0.1, 0.15) is 12.8 Å². The Morgan fingerprint density at radius 2 is 1.90 bits per heavy atom. The first kappa shape index (κ1) is 13.7. The van der Waals surface area contributed by atoms with E-state index >= 15 is 0 Å². The van der Waals surface area contributed by atoms with E-state index in [0.29, 0.717) is 6.61 Å². The largest absolute Gasteiger partial charge is 0.393 e. The minimum absolute atomic E-state index is 0.0674. The van der Waals surface area contributed by atoms with Gasteiger partial charge in [0.25, 0.3) is 0 Å². The Labute approximate surface area is 119 Å². The number of nitrogens with two attached hydrogens (primary N) is 1. The number of piperidine rings is 1. The van der Waals surface area contributed by atoms with E-state index in [1.165, 1.54) is 5.69 Å². The fourth-order valence-electron chi connectivity index (χ4n) is 2.94. The maximum absolute atomic E-state index is 9.60. The second kappa shape index (κ2) is 5.99. The monoisotopic (exact) mass is 277 g/mol. The van der Waals surface area contributed by atoms with Crippen molar-refractivity contribution in [1.29, 1.82) is 0 Å². The molecule has 1 aromatic carbocycles. The highest BCUT2D eigenvalue weighted by atomic mass is 16.5. The molecule has 5 nitrogen and oxygen atoms in total. The van der Waals surface area contributed by atoms with Gasteiger partial charge in [0, 0.05) is 31.0 Å². The number of aliphatic hydroxyl groups is 1. The summed E-state index contributed by atoms with van der Waals surface area (Å²) in [7, 11) is 0. The van der Waals surface area contributed by atoms with Gasteiger partial charge in [-0.05, 0) is 31.0 Å². The van der Waals surface area contributed by atoms with Crippen LogP contribution in [-0.2, 0) is 4.74 Å². The summed E-state index contributed by atoms with van der Waals surface area (Å²) in [5.41, 5.74) is 8.48. The van der Waals surface area contributed by atoms with Crippen LogP contribution < -0.4 is 15.5 Å². The smallest absolute Gasteiger partial charge is 0.101 e. The molecule has 0 aliphatic carbocycles. The Morgan fingerprint density at radius 3 is 2.65 bits per heavy atom. The quantitative estimate of drug-likeness (QED) is 0.836. The Balaban J connectivity index is 1.75. The molecule has 0 amide bonds. The standard InChI is InChI=1S/C15H23N3O2/c16-15-11-20-9-8-18(15)13-3-1-2-12(10-13)17-6-4-14(19)5-7-17/h1-3,10,14-15,19H,4-9,11,16H2. The van der Waals surface area contributed by atoms with Gasteiger partial charge in [-0.1, -0.05) is 6.07 Å². The number of ether oxygens (including phenoxy) is 1. The summed E-state index contributed by atoms with van der Waals surface area (Å²) in [4.78, 5) is 4.54. The average Bonchev–Trinajstić information content (AvgIpc) is 2.49. The third-order valence-corrected chi connectivity index (χ3v) is 4.16. The number of aliphatic hydroxyl groups excluding tert-OH is 1. The normalized spacial score (nSPS) is 25.0. The first-order chi connectivity index (χ1) is 9.74. The lowest BCUT2D eigenvalue weighted by atomic mass is 10.1. The van der Waals surface area contributed by atoms with Gasteiger partial charge in [0.15, 0.2) is 0 Å². The van der Waals surface area contributed by atoms with Crippen LogP contribution in [0.4, 0.5) is 11.4 Å². The Morgan fingerprint density at radius 1 is 1.15 bits per heavy atom. The van der Waals surface area contributed by atoms with Crippen molar-refractivity contribution in [3.63, 3.8) is 0 Å². The van der Waals surface area contributed by atoms with E-state index in [0.717, 1.165) is 44.8 Å². The molecule has 3 rings (SSSR count). The summed E-state index contributed by atoms with van der Waals surface area (Å²) in [5.74, 6) is 0. The molecule has 2 fully saturated rings. The molecule has 2 aliphatic heterocycles. The summed E-state index contributed by atoms with van der Waals surface area (Å²) in [6.45, 7) is 3.98. The van der Waals surface area contributed by atoms with Crippen molar-refractivity contribution >= 4 is 11.4 Å². The lowest BCUT2D eigenvalue weighted by Gasteiger charge is -2.36. The zero-order chi connectivity index (χ0) is 13.9. The minimum Gasteiger partial charge on any atom is -0.393 e. The molecule has 0 bridgehead atoms. The molecular formula is C15H23N3O2. The van der Waals surface area contributed by atoms with E-state index in [2.05, 4.69) is 34.1 Å². The molecule has 0 spiro atoms. The number of morpholine rings is 1. The molecule has 3 N–H and O–H groups in total. The summed E-state index contributed by atoms with van der Waals surface area (Å²) >= 11 is 0. The lowest BCUT2D eigenvalue weighted by molar-refractivity contribution is 0.0958. The third-order valence-electron chi connectivity index (χ3n) is 4.16. The van der Waals surface area contributed by atoms with E-state index in [1.807, 2.05) is 0 Å². The molecule has 0 aromatic heterocycles. The van der Waals surface area contributed by atoms with Crippen LogP contribution in [0.2, 0.25) is 0 Å². The zero-order valence-electron chi connectivity index (χ0n) is 11.7. The van der Waals surface area contributed by atoms with Gasteiger partial charge in [0.1, 0.15) is 6.17 Å². The Kier molecular flexibility index (Phi) is 4.10. The van der Waals surface area contributed by atoms with Gasteiger partial charge in [-0.15, -0.1) is 0 Å². The number of hydrogen-bond donors (Lipinski definition) is 2. The fraction of sp³-hybridized carbons (Fsp3) is 0.600. The average molecular weight is 277 g/mol. The van der Waals surface area contributed by atoms with Crippen LogP contribution in [0.15, 0.2) is 24.3 Å². The highest BCUT2D eigenvalue weighted by Gasteiger charge is 2.21. The predicted molar refractivity (Wildman–Crippen MR) is 80.0 cm³/mol. The predicted octanol–water partition coefficient (Wildman–Crippen LogP) is 0.769. The van der Waals surface area contributed by atoms with Gasteiger partial charge in [-0.2, -0.15) is 0 Å². The van der Waals surface area contributed by atoms with Gasteiger partial charge in [-0.25, -0.2) is 0 Å². The first-order valence-corrected chi connectivity index (χ1v) is 7.37. The maximum atomic E-state index is 9.60. The van der Waals surface area contributed by atoms with Crippen molar-refractivity contribution in [3.05, 3.63) is 24.3 Å². The van der Waals surface area contributed by atoms with Crippen LogP contribution >= 0.6 is 0 Å². The van der Waals surface area contributed by atoms with Gasteiger partial charge in [-0.3, -0.25) is 0 Å². The lowest BCUT2D eigenvalue weighted by Crippen LogP contribution is -2.51. The van der Waals surface area contributed by atoms with E-state index in [4.69, 9.17) is 10.5 Å². The Bertz CT molecular complexity index is 446. The number of rotatable bonds is 2. The molecule has 0 radical (unpaired) electrons. The molecule has 0 saturated carbocycles. The minimum atomic E-state index is -0.137. The van der Waals surface area contributed by atoms with Crippen LogP contribution in [-0.4, -0.2) is 50.2 Å². The van der Waals surface area contributed by atoms with Crippen molar-refractivity contribution in [3.8, 4) is 0 Å². The second-order valence-corrected chi connectivity index (χ2v) is 5.57. The highest BCUT2D eigenvalue weighted by molar-refractivity contribution is 5.60. The second-order valence-electron chi connectivity index (χ2n) is 5.57. The molecular weight excluding hydrogens is 254 g/mol. The van der Waals surface area contributed by atoms with Crippen LogP contribution in [0.3, 0.4) is 0 Å². The molecule has 2 heterocycles. The summed E-state index contributed by atoms with van der Waals surface area (Å²) in [6.07, 6.45) is 1.49. The molecule has 2 aliphatic rings. The zero-order valence-corrected chi connectivity index (χ0v) is 11.7. The van der Waals surface area contributed by atoms with Gasteiger partial charge < -0.3 is 25.4 Å². The van der Waals surface area contributed by atoms with Crippen molar-refractivity contribution in [2.24, 2.45) is 5.73 Å². The van der Waals surface area contributed by atoms with Crippen molar-refractivity contribution in [1.82, 2.24) is 0 Å². The third kappa shape index (κ3) is 2.90. The highest BCUT2D eigenvalue weighted by Crippen LogP contribution is 2.26. The van der Waals surface area contributed by atoms with Crippen LogP contribution in [0, 0.1) is 0 Å². The first-order valence-electron chi connectivity index (χ1n) is 7.37. The van der Waals surface area contributed by atoms with E-state index in [1.54, 1.807) is 0 Å². The Hall–Kier alpha value is -1.30. The van der Waals surface area contributed by atoms with E-state index in [-0.39, 0.29) is 12.3 Å². The topological polar surface area (TPSA) is 62.0 Å². The summed E-state index contributed by atoms with van der Waals surface area (Å²) < 4.78 is 5.39. The molecule has 1 aromatic rings. The number of anilines is 2. The van der Waals surface area contributed by atoms with Crippen LogP contribution in [0.5, 0.6) is 0 Å². The van der Waals surface area contributed by atoms with Gasteiger partial charge >= 0.3 is 0 Å². The van der Waals surface area contributed by atoms with Crippen molar-refractivity contribution in [2.75, 3.05) is 42.6 Å². The molecule has 2 saturated heterocycles. The number of hydrogen-bond acceptors (Lipinski definition) is 5. The van der Waals surface area contributed by atoms with E-state index in [9.17, 15) is 5.11 Å². The number of benzene rings is 1. The molecule has 20 heavy (non-hydrogen) atoms. The maximum Gasteiger partial charge on any atom is 0.101 e. The van der Waals surface area contributed by atoms with Crippen molar-refractivity contribution in [2.45, 2.75) is 25.1 Å². The molecule has 110 valence electrons. The van der Waals surface area contributed by atoms with E-state index < -0.39 is 0 Å². The SMILES string of the molecule is NC1COCCN1c1cccc(N2CCC(O)CC2)c1.